The molecular weight excluding hydrogens is 290 g/mol. The smallest absolute Gasteiger partial charge is 0.148 e. The number of rotatable bonds is 4. The molecule has 0 N–H and O–H groups in total. The molecule has 0 atom stereocenters. The predicted octanol–water partition coefficient (Wildman–Crippen LogP) is 4.72. The Hall–Kier alpha value is -1.19. The lowest BCUT2D eigenvalue weighted by molar-refractivity contribution is -0.124. The highest BCUT2D eigenvalue weighted by Crippen LogP contribution is 2.40. The molecule has 20 heavy (non-hydrogen) atoms. The number of thiazole rings is 1. The molecule has 1 aliphatic carbocycles. The van der Waals surface area contributed by atoms with Gasteiger partial charge in [-0.1, -0.05) is 23.7 Å². The van der Waals surface area contributed by atoms with E-state index in [1.165, 1.54) is 0 Å². The van der Waals surface area contributed by atoms with Gasteiger partial charge in [-0.15, -0.1) is 11.3 Å². The zero-order valence-corrected chi connectivity index (χ0v) is 13.1. The van der Waals surface area contributed by atoms with E-state index in [0.29, 0.717) is 10.8 Å². The van der Waals surface area contributed by atoms with Crippen molar-refractivity contribution in [1.82, 2.24) is 4.98 Å². The lowest BCUT2D eigenvalue weighted by Gasteiger charge is -2.19. The first-order valence-corrected chi connectivity index (χ1v) is 8.00. The predicted molar refractivity (Wildman–Crippen MR) is 83.3 cm³/mol. The summed E-state index contributed by atoms with van der Waals surface area (Å²) in [6.45, 7) is 3.97. The molecule has 104 valence electrons. The van der Waals surface area contributed by atoms with Crippen molar-refractivity contribution in [2.24, 2.45) is 5.92 Å². The first kappa shape index (κ1) is 13.8. The summed E-state index contributed by atoms with van der Waals surface area (Å²) in [6.07, 6.45) is 2.08. The van der Waals surface area contributed by atoms with E-state index in [2.05, 4.69) is 4.98 Å². The third-order valence-corrected chi connectivity index (χ3v) is 5.16. The van der Waals surface area contributed by atoms with Crippen LogP contribution in [0.4, 0.5) is 0 Å². The van der Waals surface area contributed by atoms with Crippen LogP contribution in [-0.2, 0) is 10.2 Å². The molecule has 1 aromatic carbocycles. The van der Waals surface area contributed by atoms with E-state index < -0.39 is 5.41 Å². The molecule has 1 saturated carbocycles. The van der Waals surface area contributed by atoms with Gasteiger partial charge in [-0.2, -0.15) is 0 Å². The second-order valence-electron chi connectivity index (χ2n) is 5.81. The quantitative estimate of drug-likeness (QED) is 0.818. The van der Waals surface area contributed by atoms with E-state index in [9.17, 15) is 4.79 Å². The second-order valence-corrected chi connectivity index (χ2v) is 7.10. The number of ketones is 1. The summed E-state index contributed by atoms with van der Waals surface area (Å²) in [5.74, 6) is 0.586. The van der Waals surface area contributed by atoms with E-state index >= 15 is 0 Å². The van der Waals surface area contributed by atoms with Crippen molar-refractivity contribution >= 4 is 28.7 Å². The first-order chi connectivity index (χ1) is 9.48. The number of hydrogen-bond acceptors (Lipinski definition) is 3. The van der Waals surface area contributed by atoms with Crippen molar-refractivity contribution < 1.29 is 4.79 Å². The Morgan fingerprint density at radius 2 is 1.95 bits per heavy atom. The fourth-order valence-corrected chi connectivity index (χ4v) is 3.36. The molecule has 0 amide bonds. The molecule has 0 radical (unpaired) electrons. The average molecular weight is 306 g/mol. The monoisotopic (exact) mass is 305 g/mol. The third-order valence-electron chi connectivity index (χ3n) is 3.74. The maximum Gasteiger partial charge on any atom is 0.148 e. The van der Waals surface area contributed by atoms with Crippen LogP contribution in [0.1, 0.15) is 31.7 Å². The molecule has 1 heterocycles. The molecule has 4 heteroatoms. The van der Waals surface area contributed by atoms with E-state index in [1.807, 2.05) is 43.5 Å². The third kappa shape index (κ3) is 2.52. The van der Waals surface area contributed by atoms with Gasteiger partial charge < -0.3 is 0 Å². The summed E-state index contributed by atoms with van der Waals surface area (Å²) in [5, 5.41) is 3.63. The minimum atomic E-state index is -0.476. The highest BCUT2D eigenvalue weighted by atomic mass is 35.5. The summed E-state index contributed by atoms with van der Waals surface area (Å²) >= 11 is 7.46. The van der Waals surface area contributed by atoms with Gasteiger partial charge in [-0.05, 0) is 38.8 Å². The number of carbonyl (C=O) groups is 1. The second kappa shape index (κ2) is 4.97. The van der Waals surface area contributed by atoms with Crippen molar-refractivity contribution in [3.05, 3.63) is 39.7 Å². The summed E-state index contributed by atoms with van der Waals surface area (Å²) < 4.78 is 0. The molecule has 1 fully saturated rings. The Morgan fingerprint density at radius 3 is 2.55 bits per heavy atom. The number of nitrogens with zero attached hydrogens (tertiary/aromatic N) is 1. The van der Waals surface area contributed by atoms with Gasteiger partial charge in [0, 0.05) is 21.9 Å². The number of aromatic nitrogens is 1. The normalized spacial score (nSPS) is 15.3. The zero-order valence-electron chi connectivity index (χ0n) is 11.5. The van der Waals surface area contributed by atoms with Gasteiger partial charge in [0.15, 0.2) is 0 Å². The van der Waals surface area contributed by atoms with Gasteiger partial charge in [-0.3, -0.25) is 4.79 Å². The van der Waals surface area contributed by atoms with E-state index in [1.54, 1.807) is 11.3 Å². The zero-order chi connectivity index (χ0) is 14.3. The average Bonchev–Trinajstić information content (AvgIpc) is 3.15. The van der Waals surface area contributed by atoms with Gasteiger partial charge in [0.2, 0.25) is 0 Å². The number of hydrogen-bond donors (Lipinski definition) is 0. The Balaban J connectivity index is 1.89. The molecule has 0 saturated heterocycles. The van der Waals surface area contributed by atoms with Crippen molar-refractivity contribution in [3.8, 4) is 11.3 Å². The van der Waals surface area contributed by atoms with Gasteiger partial charge >= 0.3 is 0 Å². The van der Waals surface area contributed by atoms with E-state index in [0.717, 1.165) is 29.1 Å². The van der Waals surface area contributed by atoms with Gasteiger partial charge in [0.25, 0.3) is 0 Å². The molecule has 0 bridgehead atoms. The number of Topliss-reactive ketones (excluding diaryl/α,β-unsaturated/α-hetero) is 1. The molecule has 0 aliphatic heterocycles. The minimum Gasteiger partial charge on any atom is -0.298 e. The van der Waals surface area contributed by atoms with Crippen LogP contribution in [0.3, 0.4) is 0 Å². The van der Waals surface area contributed by atoms with Gasteiger partial charge in [0.05, 0.1) is 11.1 Å². The maximum atomic E-state index is 12.4. The highest BCUT2D eigenvalue weighted by molar-refractivity contribution is 7.10. The van der Waals surface area contributed by atoms with E-state index in [4.69, 9.17) is 11.6 Å². The molecule has 2 nitrogen and oxygen atoms in total. The number of benzene rings is 1. The number of halogens is 1. The molecule has 1 aliphatic rings. The number of carbonyl (C=O) groups excluding carboxylic acids is 1. The Morgan fingerprint density at radius 1 is 1.30 bits per heavy atom. The Labute approximate surface area is 127 Å². The lowest BCUT2D eigenvalue weighted by atomic mass is 9.86. The molecule has 3 rings (SSSR count). The van der Waals surface area contributed by atoms with Crippen molar-refractivity contribution in [1.29, 1.82) is 0 Å². The van der Waals surface area contributed by atoms with E-state index in [-0.39, 0.29) is 5.92 Å². The van der Waals surface area contributed by atoms with Crippen LogP contribution in [0.5, 0.6) is 0 Å². The van der Waals surface area contributed by atoms with Crippen LogP contribution in [0, 0.1) is 5.92 Å². The molecule has 2 aromatic rings. The van der Waals surface area contributed by atoms with Gasteiger partial charge in [0.1, 0.15) is 10.8 Å². The Bertz CT molecular complexity index is 641. The van der Waals surface area contributed by atoms with Crippen LogP contribution < -0.4 is 0 Å². The highest BCUT2D eigenvalue weighted by Gasteiger charge is 2.42. The summed E-state index contributed by atoms with van der Waals surface area (Å²) in [5.41, 5.74) is 1.47. The van der Waals surface area contributed by atoms with Crippen LogP contribution in [-0.4, -0.2) is 10.8 Å². The molecule has 0 spiro atoms. The van der Waals surface area contributed by atoms with Crippen molar-refractivity contribution in [2.45, 2.75) is 32.1 Å². The van der Waals surface area contributed by atoms with Crippen LogP contribution >= 0.6 is 22.9 Å². The maximum absolute atomic E-state index is 12.4. The van der Waals surface area contributed by atoms with Crippen LogP contribution in [0.25, 0.3) is 11.3 Å². The molecular formula is C16H16ClNOS. The fraction of sp³-hybridized carbons (Fsp3) is 0.375. The SMILES string of the molecule is CC(C)(C(=O)C1CC1)c1nc(-c2ccc(Cl)cc2)cs1. The molecule has 1 aromatic heterocycles. The lowest BCUT2D eigenvalue weighted by Crippen LogP contribution is -2.30. The topological polar surface area (TPSA) is 30.0 Å². The van der Waals surface area contributed by atoms with Crippen LogP contribution in [0.15, 0.2) is 29.6 Å². The minimum absolute atomic E-state index is 0.257. The summed E-state index contributed by atoms with van der Waals surface area (Å²) in [7, 11) is 0. The first-order valence-electron chi connectivity index (χ1n) is 6.75. The van der Waals surface area contributed by atoms with Crippen LogP contribution in [0.2, 0.25) is 5.02 Å². The van der Waals surface area contributed by atoms with Gasteiger partial charge in [-0.25, -0.2) is 4.98 Å². The fourth-order valence-electron chi connectivity index (χ4n) is 2.28. The van der Waals surface area contributed by atoms with Crippen molar-refractivity contribution in [2.75, 3.05) is 0 Å². The largest absolute Gasteiger partial charge is 0.298 e. The van der Waals surface area contributed by atoms with Crippen molar-refractivity contribution in [3.63, 3.8) is 0 Å². The summed E-state index contributed by atoms with van der Waals surface area (Å²) in [6, 6.07) is 7.63. The molecule has 0 unspecified atom stereocenters. The standard InChI is InChI=1S/C16H16ClNOS/c1-16(2,14(19)11-3-4-11)15-18-13(9-20-15)10-5-7-12(17)8-6-10/h5-9,11H,3-4H2,1-2H3. The summed E-state index contributed by atoms with van der Waals surface area (Å²) in [4.78, 5) is 17.0. The Kier molecular flexibility index (Phi) is 3.43.